The van der Waals surface area contributed by atoms with E-state index in [0.717, 1.165) is 18.9 Å². The fourth-order valence-electron chi connectivity index (χ4n) is 4.45. The zero-order valence-corrected chi connectivity index (χ0v) is 18.5. The molecule has 0 spiro atoms. The SMILES string of the molecule is COC(=O)OCC1(COC(=O)OC)C[C@@H](C[Si](C)(C)c2ccccc2)[C@H](C)C1. The van der Waals surface area contributed by atoms with E-state index in [1.165, 1.54) is 19.4 Å². The van der Waals surface area contributed by atoms with E-state index >= 15 is 0 Å². The van der Waals surface area contributed by atoms with Gasteiger partial charge in [-0.1, -0.05) is 61.6 Å². The van der Waals surface area contributed by atoms with Crippen LogP contribution in [0.15, 0.2) is 30.3 Å². The van der Waals surface area contributed by atoms with Crippen molar-refractivity contribution in [3.8, 4) is 0 Å². The van der Waals surface area contributed by atoms with Gasteiger partial charge in [0.15, 0.2) is 0 Å². The van der Waals surface area contributed by atoms with Gasteiger partial charge in [0.2, 0.25) is 0 Å². The normalized spacial score (nSPS) is 21.0. The topological polar surface area (TPSA) is 71.1 Å². The molecule has 0 aromatic heterocycles. The molecule has 1 fully saturated rings. The Morgan fingerprint density at radius 3 is 2.04 bits per heavy atom. The number of rotatable bonds is 7. The maximum atomic E-state index is 11.5. The molecule has 6 nitrogen and oxygen atoms in total. The molecule has 0 aliphatic heterocycles. The molecular weight excluding hydrogens is 376 g/mol. The molecule has 1 aliphatic rings. The van der Waals surface area contributed by atoms with Gasteiger partial charge in [-0.25, -0.2) is 9.59 Å². The van der Waals surface area contributed by atoms with Crippen LogP contribution in [0.4, 0.5) is 9.59 Å². The summed E-state index contributed by atoms with van der Waals surface area (Å²) in [6.07, 6.45) is 0.233. The van der Waals surface area contributed by atoms with Crippen LogP contribution in [0.2, 0.25) is 19.1 Å². The highest BCUT2D eigenvalue weighted by atomic mass is 28.3. The molecule has 1 saturated carbocycles. The van der Waals surface area contributed by atoms with E-state index < -0.39 is 25.8 Å². The molecule has 0 N–H and O–H groups in total. The van der Waals surface area contributed by atoms with Crippen LogP contribution in [-0.4, -0.2) is 47.8 Å². The Morgan fingerprint density at radius 2 is 1.54 bits per heavy atom. The van der Waals surface area contributed by atoms with Crippen LogP contribution in [0.5, 0.6) is 0 Å². The second-order valence-corrected chi connectivity index (χ2v) is 13.3. The zero-order chi connectivity index (χ0) is 20.8. The van der Waals surface area contributed by atoms with Crippen molar-refractivity contribution in [3.05, 3.63) is 30.3 Å². The smallest absolute Gasteiger partial charge is 0.438 e. The van der Waals surface area contributed by atoms with Gasteiger partial charge >= 0.3 is 12.3 Å². The van der Waals surface area contributed by atoms with E-state index in [2.05, 4.69) is 53.8 Å². The van der Waals surface area contributed by atoms with Gasteiger partial charge in [0, 0.05) is 5.41 Å². The van der Waals surface area contributed by atoms with Crippen molar-refractivity contribution < 1.29 is 28.5 Å². The minimum Gasteiger partial charge on any atom is -0.438 e. The number of hydrogen-bond donors (Lipinski definition) is 0. The van der Waals surface area contributed by atoms with E-state index in [9.17, 15) is 9.59 Å². The highest BCUT2D eigenvalue weighted by molar-refractivity contribution is 6.89. The quantitative estimate of drug-likeness (QED) is 0.497. The number of ether oxygens (including phenoxy) is 4. The van der Waals surface area contributed by atoms with E-state index in [0.29, 0.717) is 11.8 Å². The van der Waals surface area contributed by atoms with Crippen molar-refractivity contribution in [2.24, 2.45) is 17.3 Å². The van der Waals surface area contributed by atoms with E-state index in [1.54, 1.807) is 0 Å². The molecule has 0 bridgehead atoms. The molecule has 1 aliphatic carbocycles. The van der Waals surface area contributed by atoms with Crippen molar-refractivity contribution in [3.63, 3.8) is 0 Å². The van der Waals surface area contributed by atoms with Gasteiger partial charge in [0.1, 0.15) is 13.2 Å². The van der Waals surface area contributed by atoms with Crippen molar-refractivity contribution in [1.29, 1.82) is 0 Å². The Balaban J connectivity index is 2.12. The van der Waals surface area contributed by atoms with Crippen LogP contribution >= 0.6 is 0 Å². The van der Waals surface area contributed by atoms with Gasteiger partial charge < -0.3 is 18.9 Å². The Hall–Kier alpha value is -2.02. The third kappa shape index (κ3) is 5.74. The number of carbonyl (C=O) groups is 2. The summed E-state index contributed by atoms with van der Waals surface area (Å²) in [5.74, 6) is 0.919. The summed E-state index contributed by atoms with van der Waals surface area (Å²) in [6, 6.07) is 11.8. The summed E-state index contributed by atoms with van der Waals surface area (Å²) in [5, 5.41) is 1.44. The van der Waals surface area contributed by atoms with Crippen molar-refractivity contribution in [1.82, 2.24) is 0 Å². The number of benzene rings is 1. The predicted molar refractivity (Wildman–Crippen MR) is 109 cm³/mol. The van der Waals surface area contributed by atoms with Crippen LogP contribution in [0.25, 0.3) is 0 Å². The molecule has 0 amide bonds. The summed E-state index contributed by atoms with van der Waals surface area (Å²) in [6.45, 7) is 7.36. The van der Waals surface area contributed by atoms with Gasteiger partial charge in [0.25, 0.3) is 0 Å². The van der Waals surface area contributed by atoms with Crippen LogP contribution in [0, 0.1) is 17.3 Å². The number of hydrogen-bond acceptors (Lipinski definition) is 6. The summed E-state index contributed by atoms with van der Waals surface area (Å²) < 4.78 is 19.8. The maximum Gasteiger partial charge on any atom is 0.507 e. The Bertz CT molecular complexity index is 640. The Morgan fingerprint density at radius 1 is 1.00 bits per heavy atom. The minimum atomic E-state index is -1.62. The Labute approximate surface area is 168 Å². The number of carbonyl (C=O) groups excluding carboxylic acids is 2. The van der Waals surface area contributed by atoms with E-state index in [1.807, 2.05) is 6.07 Å². The fourth-order valence-corrected chi connectivity index (χ4v) is 7.63. The zero-order valence-electron chi connectivity index (χ0n) is 17.5. The number of methoxy groups -OCH3 is 2. The van der Waals surface area contributed by atoms with E-state index in [-0.39, 0.29) is 13.2 Å². The molecule has 7 heteroatoms. The van der Waals surface area contributed by atoms with E-state index in [4.69, 9.17) is 9.47 Å². The van der Waals surface area contributed by atoms with Crippen LogP contribution in [-0.2, 0) is 18.9 Å². The molecule has 2 rings (SSSR count). The van der Waals surface area contributed by atoms with Crippen molar-refractivity contribution >= 4 is 25.6 Å². The van der Waals surface area contributed by atoms with Crippen LogP contribution < -0.4 is 5.19 Å². The lowest BCUT2D eigenvalue weighted by Gasteiger charge is -2.30. The van der Waals surface area contributed by atoms with Crippen LogP contribution in [0.3, 0.4) is 0 Å². The second-order valence-electron chi connectivity index (χ2n) is 8.59. The average molecular weight is 409 g/mol. The molecule has 156 valence electrons. The van der Waals surface area contributed by atoms with Gasteiger partial charge in [0.05, 0.1) is 22.3 Å². The first-order valence-electron chi connectivity index (χ1n) is 9.68. The third-order valence-corrected chi connectivity index (χ3v) is 9.35. The van der Waals surface area contributed by atoms with Crippen molar-refractivity contribution in [2.45, 2.75) is 38.9 Å². The van der Waals surface area contributed by atoms with Gasteiger partial charge in [-0.2, -0.15) is 0 Å². The molecule has 0 saturated heterocycles. The summed E-state index contributed by atoms with van der Waals surface area (Å²) in [5.41, 5.74) is -0.409. The Kier molecular flexibility index (Phi) is 7.52. The largest absolute Gasteiger partial charge is 0.507 e. The molecule has 1 aromatic rings. The fraction of sp³-hybridized carbons (Fsp3) is 0.619. The summed E-state index contributed by atoms with van der Waals surface area (Å²) in [4.78, 5) is 23.0. The minimum absolute atomic E-state index is 0.171. The van der Waals surface area contributed by atoms with Crippen molar-refractivity contribution in [2.75, 3.05) is 27.4 Å². The lowest BCUT2D eigenvalue weighted by Crippen LogP contribution is -2.43. The molecule has 28 heavy (non-hydrogen) atoms. The highest BCUT2D eigenvalue weighted by Gasteiger charge is 2.47. The van der Waals surface area contributed by atoms with Gasteiger partial charge in [-0.15, -0.1) is 0 Å². The highest BCUT2D eigenvalue weighted by Crippen LogP contribution is 2.49. The van der Waals surface area contributed by atoms with Crippen LogP contribution in [0.1, 0.15) is 19.8 Å². The first-order valence-corrected chi connectivity index (χ1v) is 12.9. The molecular formula is C21H32O6Si. The van der Waals surface area contributed by atoms with Gasteiger partial charge in [-0.05, 0) is 24.7 Å². The first kappa shape index (κ1) is 22.3. The third-order valence-electron chi connectivity index (χ3n) is 5.91. The summed E-state index contributed by atoms with van der Waals surface area (Å²) in [7, 11) is 0.954. The molecule has 0 unspecified atom stereocenters. The lowest BCUT2D eigenvalue weighted by molar-refractivity contribution is -0.0115. The predicted octanol–water partition coefficient (Wildman–Crippen LogP) is 4.20. The standard InChI is InChI=1S/C21H32O6Si/c1-16-11-21(14-26-19(22)24-2,15-27-20(23)25-3)12-17(16)13-28(4,5)18-9-7-6-8-10-18/h6-10,16-17H,11-15H2,1-5H3/t16-,17+/m1/s1. The maximum absolute atomic E-state index is 11.5. The summed E-state index contributed by atoms with van der Waals surface area (Å²) >= 11 is 0. The average Bonchev–Trinajstić information content (AvgIpc) is 3.00. The molecule has 0 radical (unpaired) electrons. The second kappa shape index (κ2) is 9.45. The molecule has 2 atom stereocenters. The molecule has 1 aromatic carbocycles. The van der Waals surface area contributed by atoms with Gasteiger partial charge in [-0.3, -0.25) is 0 Å². The lowest BCUT2D eigenvalue weighted by atomic mass is 9.87. The monoisotopic (exact) mass is 408 g/mol. The first-order chi connectivity index (χ1) is 13.2. The molecule has 0 heterocycles.